The van der Waals surface area contributed by atoms with Gasteiger partial charge in [0, 0.05) is 7.11 Å². The zero-order chi connectivity index (χ0) is 11.3. The van der Waals surface area contributed by atoms with E-state index in [4.69, 9.17) is 4.43 Å². The third kappa shape index (κ3) is 4.06. The van der Waals surface area contributed by atoms with Gasteiger partial charge in [-0.3, -0.25) is 0 Å². The molecular weight excluding hydrogens is 204 g/mol. The van der Waals surface area contributed by atoms with E-state index in [-0.39, 0.29) is 0 Å². The zero-order valence-corrected chi connectivity index (χ0v) is 10.8. The molecule has 15 heavy (non-hydrogen) atoms. The first-order valence-electron chi connectivity index (χ1n) is 5.37. The molecule has 0 saturated carbocycles. The van der Waals surface area contributed by atoms with Gasteiger partial charge in [-0.2, -0.15) is 0 Å². The van der Waals surface area contributed by atoms with Gasteiger partial charge in [-0.25, -0.2) is 0 Å². The highest BCUT2D eigenvalue weighted by Crippen LogP contribution is 2.20. The highest BCUT2D eigenvalue weighted by molar-refractivity contribution is 6.71. The topological polar surface area (TPSA) is 29.5 Å². The van der Waals surface area contributed by atoms with Gasteiger partial charge in [-0.05, 0) is 43.6 Å². The number of phenols is 1. The SMILES string of the molecule is CO[Si](C)(C)CCCc1ccccc1O. The van der Waals surface area contributed by atoms with E-state index in [1.807, 2.05) is 18.2 Å². The minimum atomic E-state index is -1.43. The number of hydrogen-bond acceptors (Lipinski definition) is 2. The molecular formula is C12H20O2Si. The van der Waals surface area contributed by atoms with E-state index < -0.39 is 8.32 Å². The Hall–Kier alpha value is -0.803. The fourth-order valence-corrected chi connectivity index (χ4v) is 2.76. The maximum atomic E-state index is 9.58. The van der Waals surface area contributed by atoms with Crippen LogP contribution < -0.4 is 0 Å². The Labute approximate surface area is 93.0 Å². The second-order valence-corrected chi connectivity index (χ2v) is 8.87. The fourth-order valence-electron chi connectivity index (χ4n) is 1.53. The lowest BCUT2D eigenvalue weighted by Gasteiger charge is -2.19. The van der Waals surface area contributed by atoms with Crippen LogP contribution in [0.1, 0.15) is 12.0 Å². The number of rotatable bonds is 5. The highest BCUT2D eigenvalue weighted by atomic mass is 28.4. The van der Waals surface area contributed by atoms with Crippen LogP contribution in [0.4, 0.5) is 0 Å². The third-order valence-electron chi connectivity index (χ3n) is 2.77. The van der Waals surface area contributed by atoms with Crippen molar-refractivity contribution < 1.29 is 9.53 Å². The Morgan fingerprint density at radius 1 is 1.27 bits per heavy atom. The first kappa shape index (κ1) is 12.3. The van der Waals surface area contributed by atoms with Crippen molar-refractivity contribution in [1.29, 1.82) is 0 Å². The van der Waals surface area contributed by atoms with Crippen LogP contribution in [0, 0.1) is 0 Å². The summed E-state index contributed by atoms with van der Waals surface area (Å²) in [6.45, 7) is 4.44. The predicted molar refractivity (Wildman–Crippen MR) is 65.7 cm³/mol. The minimum absolute atomic E-state index is 0.411. The molecule has 0 saturated heterocycles. The Kier molecular flexibility index (Phi) is 4.36. The quantitative estimate of drug-likeness (QED) is 0.778. The molecule has 0 aliphatic carbocycles. The second-order valence-electron chi connectivity index (χ2n) is 4.45. The lowest BCUT2D eigenvalue weighted by atomic mass is 10.1. The van der Waals surface area contributed by atoms with Crippen molar-refractivity contribution in [3.63, 3.8) is 0 Å². The van der Waals surface area contributed by atoms with E-state index in [0.29, 0.717) is 5.75 Å². The van der Waals surface area contributed by atoms with Crippen molar-refractivity contribution >= 4 is 8.32 Å². The summed E-state index contributed by atoms with van der Waals surface area (Å²) in [6, 6.07) is 8.68. The first-order valence-corrected chi connectivity index (χ1v) is 8.49. The van der Waals surface area contributed by atoms with Crippen LogP contribution in [0.5, 0.6) is 5.75 Å². The van der Waals surface area contributed by atoms with E-state index in [9.17, 15) is 5.11 Å². The minimum Gasteiger partial charge on any atom is -0.508 e. The lowest BCUT2D eigenvalue weighted by Crippen LogP contribution is -2.28. The molecule has 0 aliphatic heterocycles. The lowest BCUT2D eigenvalue weighted by molar-refractivity contribution is 0.401. The molecule has 1 aromatic rings. The van der Waals surface area contributed by atoms with Gasteiger partial charge in [0.05, 0.1) is 0 Å². The first-order chi connectivity index (χ1) is 7.05. The molecule has 1 aromatic carbocycles. The number of benzene rings is 1. The molecule has 0 unspecified atom stereocenters. The smallest absolute Gasteiger partial charge is 0.186 e. The fraction of sp³-hybridized carbons (Fsp3) is 0.500. The van der Waals surface area contributed by atoms with Gasteiger partial charge in [-0.15, -0.1) is 0 Å². The molecule has 0 amide bonds. The molecule has 84 valence electrons. The van der Waals surface area contributed by atoms with Gasteiger partial charge in [0.15, 0.2) is 8.32 Å². The van der Waals surface area contributed by atoms with E-state index in [0.717, 1.165) is 24.4 Å². The van der Waals surface area contributed by atoms with E-state index in [1.165, 1.54) is 0 Å². The van der Waals surface area contributed by atoms with Crippen LogP contribution in [0.15, 0.2) is 24.3 Å². The summed E-state index contributed by atoms with van der Waals surface area (Å²) in [6.07, 6.45) is 2.02. The normalized spacial score (nSPS) is 11.7. The van der Waals surface area contributed by atoms with Crippen LogP contribution in [0.25, 0.3) is 0 Å². The van der Waals surface area contributed by atoms with Gasteiger partial charge in [0.25, 0.3) is 0 Å². The third-order valence-corrected chi connectivity index (χ3v) is 5.43. The standard InChI is InChI=1S/C12H20O2Si/c1-14-15(2,3)10-6-8-11-7-4-5-9-12(11)13/h4-5,7,9,13H,6,8,10H2,1-3H3. The average molecular weight is 224 g/mol. The van der Waals surface area contributed by atoms with E-state index >= 15 is 0 Å². The maximum Gasteiger partial charge on any atom is 0.186 e. The van der Waals surface area contributed by atoms with E-state index in [2.05, 4.69) is 13.1 Å². The number of hydrogen-bond donors (Lipinski definition) is 1. The van der Waals surface area contributed by atoms with Crippen LogP contribution in [-0.2, 0) is 10.8 Å². The molecule has 3 heteroatoms. The Bertz CT molecular complexity index is 310. The zero-order valence-electron chi connectivity index (χ0n) is 9.79. The molecule has 0 atom stereocenters. The van der Waals surface area contributed by atoms with Crippen molar-refractivity contribution in [1.82, 2.24) is 0 Å². The van der Waals surface area contributed by atoms with Crippen molar-refractivity contribution in [3.05, 3.63) is 29.8 Å². The number of para-hydroxylation sites is 1. The van der Waals surface area contributed by atoms with Crippen LogP contribution in [0.2, 0.25) is 19.1 Å². The average Bonchev–Trinajstić information content (AvgIpc) is 2.21. The predicted octanol–water partition coefficient (Wildman–Crippen LogP) is 3.18. The Morgan fingerprint density at radius 2 is 1.93 bits per heavy atom. The van der Waals surface area contributed by atoms with Gasteiger partial charge < -0.3 is 9.53 Å². The van der Waals surface area contributed by atoms with Crippen LogP contribution >= 0.6 is 0 Å². The van der Waals surface area contributed by atoms with Crippen molar-refractivity contribution in [2.45, 2.75) is 32.0 Å². The molecule has 0 heterocycles. The summed E-state index contributed by atoms with van der Waals surface area (Å²) >= 11 is 0. The van der Waals surface area contributed by atoms with Gasteiger partial charge >= 0.3 is 0 Å². The molecule has 0 aliphatic rings. The number of phenolic OH excluding ortho intramolecular Hbond substituents is 1. The van der Waals surface area contributed by atoms with Gasteiger partial charge in [0.1, 0.15) is 5.75 Å². The summed E-state index contributed by atoms with van der Waals surface area (Å²) in [4.78, 5) is 0. The molecule has 1 N–H and O–H groups in total. The second kappa shape index (κ2) is 5.33. The molecule has 0 bridgehead atoms. The Balaban J connectivity index is 2.42. The summed E-state index contributed by atoms with van der Waals surface area (Å²) in [5.74, 6) is 0.411. The van der Waals surface area contributed by atoms with E-state index in [1.54, 1.807) is 13.2 Å². The molecule has 2 nitrogen and oxygen atoms in total. The van der Waals surface area contributed by atoms with Crippen molar-refractivity contribution in [2.24, 2.45) is 0 Å². The van der Waals surface area contributed by atoms with Crippen LogP contribution in [0.3, 0.4) is 0 Å². The largest absolute Gasteiger partial charge is 0.508 e. The van der Waals surface area contributed by atoms with Crippen LogP contribution in [-0.4, -0.2) is 20.5 Å². The molecule has 0 radical (unpaired) electrons. The molecule has 0 aromatic heterocycles. The number of aryl methyl sites for hydroxylation is 1. The van der Waals surface area contributed by atoms with Gasteiger partial charge in [-0.1, -0.05) is 18.2 Å². The maximum absolute atomic E-state index is 9.58. The molecule has 1 rings (SSSR count). The summed E-state index contributed by atoms with van der Waals surface area (Å²) in [5.41, 5.74) is 1.04. The highest BCUT2D eigenvalue weighted by Gasteiger charge is 2.19. The summed E-state index contributed by atoms with van der Waals surface area (Å²) < 4.78 is 5.48. The van der Waals surface area contributed by atoms with Crippen molar-refractivity contribution in [3.8, 4) is 5.75 Å². The molecule has 0 fully saturated rings. The molecule has 0 spiro atoms. The Morgan fingerprint density at radius 3 is 2.53 bits per heavy atom. The van der Waals surface area contributed by atoms with Crippen molar-refractivity contribution in [2.75, 3.05) is 7.11 Å². The number of aromatic hydroxyl groups is 1. The summed E-state index contributed by atoms with van der Waals surface area (Å²) in [5, 5.41) is 9.58. The summed E-state index contributed by atoms with van der Waals surface area (Å²) in [7, 11) is 0.368. The monoisotopic (exact) mass is 224 g/mol. The van der Waals surface area contributed by atoms with Gasteiger partial charge in [0.2, 0.25) is 0 Å².